The van der Waals surface area contributed by atoms with Gasteiger partial charge in [0.15, 0.2) is 5.82 Å². The quantitative estimate of drug-likeness (QED) is 0.738. The van der Waals surface area contributed by atoms with E-state index in [1.165, 1.54) is 0 Å². The predicted molar refractivity (Wildman–Crippen MR) is 96.5 cm³/mol. The second kappa shape index (κ2) is 7.92. The van der Waals surface area contributed by atoms with Gasteiger partial charge in [-0.15, -0.1) is 10.2 Å². The van der Waals surface area contributed by atoms with Crippen LogP contribution in [0.2, 0.25) is 0 Å². The zero-order valence-electron chi connectivity index (χ0n) is 16.3. The lowest BCUT2D eigenvalue weighted by Gasteiger charge is -2.31. The Bertz CT molecular complexity index is 631. The second-order valence-electron chi connectivity index (χ2n) is 7.96. The van der Waals surface area contributed by atoms with Crippen LogP contribution in [-0.2, 0) is 11.8 Å². The molecule has 1 aromatic rings. The first-order valence-electron chi connectivity index (χ1n) is 9.00. The number of aromatic nitrogens is 3. The van der Waals surface area contributed by atoms with E-state index in [4.69, 9.17) is 4.74 Å². The molecule has 0 bridgehead atoms. The maximum absolute atomic E-state index is 12.5. The first-order valence-corrected chi connectivity index (χ1v) is 9.00. The fraction of sp³-hybridized carbons (Fsp3) is 0.765. The van der Waals surface area contributed by atoms with Gasteiger partial charge in [0.2, 0.25) is 0 Å². The summed E-state index contributed by atoms with van der Waals surface area (Å²) in [5, 5.41) is 16.5. The molecule has 9 nitrogen and oxygen atoms in total. The van der Waals surface area contributed by atoms with Crippen molar-refractivity contribution >= 4 is 12.1 Å². The van der Waals surface area contributed by atoms with Crippen LogP contribution < -0.4 is 16.0 Å². The summed E-state index contributed by atoms with van der Waals surface area (Å²) in [6.45, 7) is 7.64. The summed E-state index contributed by atoms with van der Waals surface area (Å²) in [6.07, 6.45) is 4.76. The van der Waals surface area contributed by atoms with Crippen molar-refractivity contribution < 1.29 is 14.3 Å². The van der Waals surface area contributed by atoms with Crippen LogP contribution in [0, 0.1) is 0 Å². The Morgan fingerprint density at radius 3 is 2.54 bits per heavy atom. The van der Waals surface area contributed by atoms with E-state index in [9.17, 15) is 9.59 Å². The Kier molecular flexibility index (Phi) is 6.09. The van der Waals surface area contributed by atoms with Gasteiger partial charge in [-0.3, -0.25) is 0 Å². The molecule has 3 N–H and O–H groups in total. The molecular formula is C17H30N6O3. The molecule has 1 saturated carbocycles. The molecule has 1 unspecified atom stereocenters. The largest absolute Gasteiger partial charge is 0.444 e. The second-order valence-corrected chi connectivity index (χ2v) is 7.96. The summed E-state index contributed by atoms with van der Waals surface area (Å²) in [4.78, 5) is 24.4. The minimum absolute atomic E-state index is 0.278. The van der Waals surface area contributed by atoms with E-state index >= 15 is 0 Å². The number of aryl methyl sites for hydroxylation is 1. The molecule has 1 aromatic heterocycles. The standard InChI is InChI=1S/C17H30N6O3/c1-12(13-22-19-11-23(13)5)20-14(24)21-17(8-6-7-9-17)10-18-15(25)26-16(2,3)4/h11-12H,6-10H2,1-5H3,(H,18,25)(H2,20,21,24). The van der Waals surface area contributed by atoms with Gasteiger partial charge in [0.1, 0.15) is 11.9 Å². The Labute approximate surface area is 154 Å². The molecule has 1 heterocycles. The van der Waals surface area contributed by atoms with Crippen LogP contribution in [0.25, 0.3) is 0 Å². The first kappa shape index (κ1) is 20.0. The lowest BCUT2D eigenvalue weighted by molar-refractivity contribution is 0.0510. The van der Waals surface area contributed by atoms with Crippen molar-refractivity contribution in [2.24, 2.45) is 7.05 Å². The average Bonchev–Trinajstić information content (AvgIpc) is 3.13. The number of alkyl carbamates (subject to hydrolysis) is 1. The van der Waals surface area contributed by atoms with Gasteiger partial charge >= 0.3 is 12.1 Å². The van der Waals surface area contributed by atoms with Crippen LogP contribution in [0.3, 0.4) is 0 Å². The predicted octanol–water partition coefficient (Wildman–Crippen LogP) is 2.01. The van der Waals surface area contributed by atoms with Crippen LogP contribution in [0.1, 0.15) is 65.2 Å². The van der Waals surface area contributed by atoms with Crippen molar-refractivity contribution in [3.05, 3.63) is 12.2 Å². The van der Waals surface area contributed by atoms with Gasteiger partial charge in [0.05, 0.1) is 11.6 Å². The lowest BCUT2D eigenvalue weighted by atomic mass is 9.98. The molecular weight excluding hydrogens is 336 g/mol. The monoisotopic (exact) mass is 366 g/mol. The molecule has 0 saturated heterocycles. The first-order chi connectivity index (χ1) is 12.1. The van der Waals surface area contributed by atoms with Crippen molar-refractivity contribution in [1.82, 2.24) is 30.7 Å². The van der Waals surface area contributed by atoms with Gasteiger partial charge in [-0.25, -0.2) is 9.59 Å². The van der Waals surface area contributed by atoms with Gasteiger partial charge in [-0.1, -0.05) is 12.8 Å². The van der Waals surface area contributed by atoms with Gasteiger partial charge < -0.3 is 25.3 Å². The Morgan fingerprint density at radius 1 is 1.35 bits per heavy atom. The fourth-order valence-corrected chi connectivity index (χ4v) is 3.18. The fourth-order valence-electron chi connectivity index (χ4n) is 3.18. The van der Waals surface area contributed by atoms with Gasteiger partial charge in [-0.2, -0.15) is 0 Å². The van der Waals surface area contributed by atoms with E-state index < -0.39 is 17.2 Å². The zero-order chi connectivity index (χ0) is 19.4. The molecule has 0 aromatic carbocycles. The molecule has 146 valence electrons. The van der Waals surface area contributed by atoms with Gasteiger partial charge in [0, 0.05) is 13.6 Å². The van der Waals surface area contributed by atoms with E-state index in [2.05, 4.69) is 26.1 Å². The number of hydrogen-bond donors (Lipinski definition) is 3. The van der Waals surface area contributed by atoms with Crippen LogP contribution in [0.15, 0.2) is 6.33 Å². The molecule has 9 heteroatoms. The summed E-state index contributed by atoms with van der Waals surface area (Å²) in [7, 11) is 1.83. The maximum Gasteiger partial charge on any atom is 0.407 e. The number of carbonyl (C=O) groups is 2. The van der Waals surface area contributed by atoms with Crippen LogP contribution in [0.5, 0.6) is 0 Å². The van der Waals surface area contributed by atoms with E-state index in [1.54, 1.807) is 10.9 Å². The molecule has 0 aliphatic heterocycles. The third-order valence-corrected chi connectivity index (χ3v) is 4.39. The number of hydrogen-bond acceptors (Lipinski definition) is 5. The highest BCUT2D eigenvalue weighted by atomic mass is 16.6. The number of nitrogens with zero attached hydrogens (tertiary/aromatic N) is 3. The maximum atomic E-state index is 12.5. The van der Waals surface area contributed by atoms with Crippen LogP contribution in [-0.4, -0.2) is 44.6 Å². The molecule has 26 heavy (non-hydrogen) atoms. The topological polar surface area (TPSA) is 110 Å². The highest BCUT2D eigenvalue weighted by Crippen LogP contribution is 2.29. The molecule has 0 radical (unpaired) electrons. The molecule has 1 fully saturated rings. The summed E-state index contributed by atoms with van der Waals surface area (Å²) in [6, 6.07) is -0.562. The summed E-state index contributed by atoms with van der Waals surface area (Å²) in [5.41, 5.74) is -1.01. The van der Waals surface area contributed by atoms with Crippen molar-refractivity contribution in [2.45, 2.75) is 70.6 Å². The summed E-state index contributed by atoms with van der Waals surface area (Å²) in [5.74, 6) is 0.674. The SMILES string of the molecule is CC(NC(=O)NC1(CNC(=O)OC(C)(C)C)CCCC1)c1nncn1C. The van der Waals surface area contributed by atoms with Crippen molar-refractivity contribution in [3.63, 3.8) is 0 Å². The summed E-state index contributed by atoms with van der Waals surface area (Å²) >= 11 is 0. The van der Waals surface area contributed by atoms with E-state index in [1.807, 2.05) is 34.7 Å². The number of ether oxygens (including phenoxy) is 1. The molecule has 2 rings (SSSR count). The normalized spacial score (nSPS) is 17.4. The zero-order valence-corrected chi connectivity index (χ0v) is 16.3. The van der Waals surface area contributed by atoms with Crippen molar-refractivity contribution in [2.75, 3.05) is 6.54 Å². The van der Waals surface area contributed by atoms with Gasteiger partial charge in [-0.05, 0) is 40.5 Å². The summed E-state index contributed by atoms with van der Waals surface area (Å²) < 4.78 is 7.04. The number of rotatable bonds is 5. The molecule has 1 aliphatic carbocycles. The van der Waals surface area contributed by atoms with E-state index in [-0.39, 0.29) is 12.1 Å². The lowest BCUT2D eigenvalue weighted by Crippen LogP contribution is -2.57. The highest BCUT2D eigenvalue weighted by molar-refractivity contribution is 5.75. The Balaban J connectivity index is 1.91. The van der Waals surface area contributed by atoms with Crippen molar-refractivity contribution in [1.29, 1.82) is 0 Å². The van der Waals surface area contributed by atoms with E-state index in [0.29, 0.717) is 12.4 Å². The average molecular weight is 366 g/mol. The highest BCUT2D eigenvalue weighted by Gasteiger charge is 2.36. The van der Waals surface area contributed by atoms with Crippen molar-refractivity contribution in [3.8, 4) is 0 Å². The van der Waals surface area contributed by atoms with E-state index in [0.717, 1.165) is 25.7 Å². The Hall–Kier alpha value is -2.32. The third-order valence-electron chi connectivity index (χ3n) is 4.39. The minimum Gasteiger partial charge on any atom is -0.444 e. The minimum atomic E-state index is -0.552. The number of urea groups is 1. The smallest absolute Gasteiger partial charge is 0.407 e. The number of amides is 3. The number of nitrogens with one attached hydrogen (secondary N) is 3. The number of carbonyl (C=O) groups excluding carboxylic acids is 2. The Morgan fingerprint density at radius 2 is 2.00 bits per heavy atom. The third kappa shape index (κ3) is 5.60. The van der Waals surface area contributed by atoms with Crippen LogP contribution >= 0.6 is 0 Å². The molecule has 1 atom stereocenters. The molecule has 0 spiro atoms. The van der Waals surface area contributed by atoms with Gasteiger partial charge in [0.25, 0.3) is 0 Å². The molecule has 3 amide bonds. The molecule has 1 aliphatic rings. The van der Waals surface area contributed by atoms with Crippen LogP contribution in [0.4, 0.5) is 9.59 Å².